The molecule has 110 valence electrons. The number of benzene rings is 1. The number of hydrogen-bond donors (Lipinski definition) is 0. The molecule has 1 aromatic heterocycles. The summed E-state index contributed by atoms with van der Waals surface area (Å²) in [5.41, 5.74) is 1.01. The fourth-order valence-corrected chi connectivity index (χ4v) is 3.27. The van der Waals surface area contributed by atoms with Gasteiger partial charge < -0.3 is 17.6 Å². The van der Waals surface area contributed by atoms with Crippen molar-refractivity contribution in [2.75, 3.05) is 0 Å². The number of hydrogen-bond acceptors (Lipinski definition) is 0. The summed E-state index contributed by atoms with van der Waals surface area (Å²) < 4.78 is 45.3. The predicted octanol–water partition coefficient (Wildman–Crippen LogP) is 3.93. The molecule has 0 aliphatic carbocycles. The average molecular weight is 321 g/mol. The lowest BCUT2D eigenvalue weighted by atomic mass is 9.86. The summed E-state index contributed by atoms with van der Waals surface area (Å²) >= 11 is 6.14. The second kappa shape index (κ2) is 4.40. The fourth-order valence-electron chi connectivity index (χ4n) is 3.01. The minimum Gasteiger partial charge on any atom is -0.396 e. The van der Waals surface area contributed by atoms with Gasteiger partial charge in [0.05, 0.1) is 10.6 Å². The first-order valence-corrected chi connectivity index (χ1v) is 7.08. The summed E-state index contributed by atoms with van der Waals surface area (Å²) in [5.74, 6) is -0.541. The number of aromatic nitrogens is 1. The number of allylic oxidation sites excluding steroid dienone is 2. The fraction of sp³-hybridized carbons (Fsp3) is 0. The molecule has 0 N–H and O–H groups in total. The van der Waals surface area contributed by atoms with Gasteiger partial charge in [0, 0.05) is 23.4 Å². The van der Waals surface area contributed by atoms with Crippen LogP contribution in [0.5, 0.6) is 0 Å². The zero-order valence-corrected chi connectivity index (χ0v) is 11.9. The van der Waals surface area contributed by atoms with E-state index in [1.807, 2.05) is 0 Å². The zero-order chi connectivity index (χ0) is 15.5. The van der Waals surface area contributed by atoms with Gasteiger partial charge in [-0.3, -0.25) is 0 Å². The highest BCUT2D eigenvalue weighted by Gasteiger charge is 2.51. The molecule has 0 saturated carbocycles. The van der Waals surface area contributed by atoms with E-state index in [0.29, 0.717) is 5.57 Å². The van der Waals surface area contributed by atoms with Crippen LogP contribution in [-0.4, -0.2) is 22.1 Å². The lowest BCUT2D eigenvalue weighted by Crippen LogP contribution is -2.49. The van der Waals surface area contributed by atoms with Gasteiger partial charge in [-0.2, -0.15) is 0 Å². The van der Waals surface area contributed by atoms with Gasteiger partial charge in [0.2, 0.25) is 0 Å². The van der Waals surface area contributed by atoms with E-state index >= 15 is 0 Å². The molecule has 7 heteroatoms. The molecule has 2 nitrogen and oxygen atoms in total. The molecule has 22 heavy (non-hydrogen) atoms. The molecule has 0 unspecified atom stereocenters. The summed E-state index contributed by atoms with van der Waals surface area (Å²) in [6, 6.07) is 7.37. The Balaban J connectivity index is 2.12. The van der Waals surface area contributed by atoms with Crippen molar-refractivity contribution in [1.29, 1.82) is 0 Å². The van der Waals surface area contributed by atoms with Crippen LogP contribution in [0.3, 0.4) is 0 Å². The van der Waals surface area contributed by atoms with Gasteiger partial charge in [0.15, 0.2) is 5.70 Å². The van der Waals surface area contributed by atoms with Crippen LogP contribution in [0.15, 0.2) is 54.4 Å². The van der Waals surface area contributed by atoms with Crippen LogP contribution >= 0.6 is 11.6 Å². The second-order valence-corrected chi connectivity index (χ2v) is 5.57. The molecule has 0 atom stereocenters. The van der Waals surface area contributed by atoms with Crippen molar-refractivity contribution in [3.63, 3.8) is 0 Å². The smallest absolute Gasteiger partial charge is 0.396 e. The number of halogens is 4. The van der Waals surface area contributed by atoms with E-state index in [1.165, 1.54) is 36.7 Å². The van der Waals surface area contributed by atoms with Crippen molar-refractivity contribution in [2.45, 2.75) is 0 Å². The first-order chi connectivity index (χ1) is 10.5. The number of fused-ring (bicyclic) bond motifs is 2. The van der Waals surface area contributed by atoms with Crippen molar-refractivity contribution in [1.82, 2.24) is 4.48 Å². The number of rotatable bonds is 1. The van der Waals surface area contributed by atoms with Crippen LogP contribution in [-0.2, 0) is 0 Å². The van der Waals surface area contributed by atoms with Crippen molar-refractivity contribution >= 4 is 30.4 Å². The lowest BCUT2D eigenvalue weighted by Gasteiger charge is -2.31. The maximum atomic E-state index is 14.6. The third-order valence-electron chi connectivity index (χ3n) is 3.95. The van der Waals surface area contributed by atoms with Crippen molar-refractivity contribution in [3.8, 4) is 0 Å². The molecule has 0 bridgehead atoms. The number of nitrogens with zero attached hydrogens (tertiary/aromatic N) is 2. The van der Waals surface area contributed by atoms with Crippen LogP contribution in [0.2, 0.25) is 5.02 Å². The van der Waals surface area contributed by atoms with E-state index in [1.54, 1.807) is 18.2 Å². The Morgan fingerprint density at radius 2 is 1.95 bits per heavy atom. The lowest BCUT2D eigenvalue weighted by molar-refractivity contribution is -0.356. The molecule has 2 aromatic rings. The molecular formula is C15H9BClF3N2. The molecule has 4 rings (SSSR count). The first kappa shape index (κ1) is 13.5. The SMILES string of the molecule is Fc1cccc(Cl)c1C1=C2C=CC=[N+]2[B-](F)(F)n2cccc21. The Kier molecular flexibility index (Phi) is 2.69. The van der Waals surface area contributed by atoms with Gasteiger partial charge in [0.1, 0.15) is 12.0 Å². The highest BCUT2D eigenvalue weighted by Crippen LogP contribution is 2.41. The molecule has 0 radical (unpaired) electrons. The Bertz CT molecular complexity index is 876. The van der Waals surface area contributed by atoms with Crippen LogP contribution < -0.4 is 0 Å². The molecule has 2 aliphatic heterocycles. The van der Waals surface area contributed by atoms with Crippen molar-refractivity contribution in [3.05, 3.63) is 76.5 Å². The van der Waals surface area contributed by atoms with Gasteiger partial charge in [-0.15, -0.1) is 0 Å². The van der Waals surface area contributed by atoms with E-state index in [2.05, 4.69) is 0 Å². The summed E-state index contributed by atoms with van der Waals surface area (Å²) in [6.45, 7) is -3.99. The van der Waals surface area contributed by atoms with Crippen molar-refractivity contribution in [2.24, 2.45) is 0 Å². The largest absolute Gasteiger partial charge is 0.737 e. The van der Waals surface area contributed by atoms with E-state index < -0.39 is 12.8 Å². The second-order valence-electron chi connectivity index (χ2n) is 5.16. The Morgan fingerprint density at radius 3 is 2.73 bits per heavy atom. The molecule has 1 aromatic carbocycles. The highest BCUT2D eigenvalue weighted by molar-refractivity contribution is 6.57. The monoisotopic (exact) mass is 320 g/mol. The van der Waals surface area contributed by atoms with Gasteiger partial charge in [-0.05, 0) is 30.5 Å². The third kappa shape index (κ3) is 1.61. The van der Waals surface area contributed by atoms with Gasteiger partial charge in [-0.1, -0.05) is 17.7 Å². The van der Waals surface area contributed by atoms with E-state index in [0.717, 1.165) is 8.96 Å². The molecule has 2 aliphatic rings. The summed E-state index contributed by atoms with van der Waals surface area (Å²) in [5, 5.41) is 0.188. The zero-order valence-electron chi connectivity index (χ0n) is 11.2. The normalized spacial score (nSPS) is 18.3. The van der Waals surface area contributed by atoms with E-state index in [4.69, 9.17) is 11.6 Å². The minimum atomic E-state index is -3.99. The summed E-state index contributed by atoms with van der Waals surface area (Å²) in [4.78, 5) is 0. The molecule has 0 fully saturated rings. The molecule has 3 heterocycles. The molecular weight excluding hydrogens is 311 g/mol. The third-order valence-corrected chi connectivity index (χ3v) is 4.27. The van der Waals surface area contributed by atoms with Crippen LogP contribution in [0.1, 0.15) is 11.3 Å². The van der Waals surface area contributed by atoms with Crippen LogP contribution in [0, 0.1) is 5.82 Å². The van der Waals surface area contributed by atoms with Crippen LogP contribution in [0.4, 0.5) is 13.0 Å². The predicted molar refractivity (Wildman–Crippen MR) is 80.7 cm³/mol. The standard InChI is InChI=1S/C15H9BClF3N2/c17-10-4-1-5-11(18)14(10)15-12-6-2-8-21(12)16(19,20)22-9-3-7-13(15)22/h1-9H. The Labute approximate surface area is 129 Å². The highest BCUT2D eigenvalue weighted by atomic mass is 35.5. The van der Waals surface area contributed by atoms with Gasteiger partial charge in [0.25, 0.3) is 0 Å². The minimum absolute atomic E-state index is 0.135. The maximum absolute atomic E-state index is 14.6. The quantitative estimate of drug-likeness (QED) is 0.704. The molecule has 0 saturated heterocycles. The topological polar surface area (TPSA) is 7.94 Å². The van der Waals surface area contributed by atoms with Gasteiger partial charge in [-0.25, -0.2) is 4.39 Å². The van der Waals surface area contributed by atoms with Gasteiger partial charge >= 0.3 is 6.97 Å². The van der Waals surface area contributed by atoms with E-state index in [9.17, 15) is 13.0 Å². The van der Waals surface area contributed by atoms with Crippen molar-refractivity contribution < 1.29 is 17.5 Å². The average Bonchev–Trinajstić information content (AvgIpc) is 3.11. The summed E-state index contributed by atoms with van der Waals surface area (Å²) in [7, 11) is 0. The maximum Gasteiger partial charge on any atom is 0.737 e. The Morgan fingerprint density at radius 1 is 1.14 bits per heavy atom. The Hall–Kier alpha value is -2.21. The first-order valence-electron chi connectivity index (χ1n) is 6.70. The van der Waals surface area contributed by atoms with E-state index in [-0.39, 0.29) is 22.0 Å². The summed E-state index contributed by atoms with van der Waals surface area (Å²) in [6.07, 6.45) is 5.66. The molecule has 0 spiro atoms. The molecule has 0 amide bonds. The van der Waals surface area contributed by atoms with Crippen LogP contribution in [0.25, 0.3) is 5.57 Å².